The average Bonchev–Trinajstić information content (AvgIpc) is 3.07. The molecule has 214 valence electrons. The molecule has 0 aliphatic carbocycles. The predicted octanol–water partition coefficient (Wildman–Crippen LogP) is 5.94. The number of nitrogens with zero attached hydrogens (tertiary/aromatic N) is 1. The van der Waals surface area contributed by atoms with E-state index in [0.29, 0.717) is 16.9 Å². The van der Waals surface area contributed by atoms with Gasteiger partial charge in [0, 0.05) is 11.1 Å². The van der Waals surface area contributed by atoms with Crippen molar-refractivity contribution < 1.29 is 24.3 Å². The number of carbonyl (C=O) groups is 4. The third-order valence-corrected chi connectivity index (χ3v) is 7.19. The summed E-state index contributed by atoms with van der Waals surface area (Å²) >= 11 is 0. The molecule has 8 nitrogen and oxygen atoms in total. The van der Waals surface area contributed by atoms with E-state index in [1.165, 1.54) is 6.07 Å². The fourth-order valence-electron chi connectivity index (χ4n) is 5.00. The number of benzene rings is 3. The highest BCUT2D eigenvalue weighted by molar-refractivity contribution is 6.12. The second-order valence-electron chi connectivity index (χ2n) is 11.9. The number of hydrogen-bond donors (Lipinski definition) is 3. The van der Waals surface area contributed by atoms with E-state index in [0.717, 1.165) is 11.1 Å². The first-order valence-electron chi connectivity index (χ1n) is 13.8. The lowest BCUT2D eigenvalue weighted by Crippen LogP contribution is -2.41. The molecule has 0 aromatic heterocycles. The summed E-state index contributed by atoms with van der Waals surface area (Å²) in [7, 11) is 0. The molecule has 0 fully saturated rings. The summed E-state index contributed by atoms with van der Waals surface area (Å²) in [6, 6.07) is 19.9. The highest BCUT2D eigenvalue weighted by Gasteiger charge is 2.35. The van der Waals surface area contributed by atoms with Gasteiger partial charge in [-0.3, -0.25) is 19.3 Å². The zero-order valence-corrected chi connectivity index (χ0v) is 24.1. The van der Waals surface area contributed by atoms with Crippen molar-refractivity contribution >= 4 is 35.1 Å². The van der Waals surface area contributed by atoms with Crippen LogP contribution in [-0.2, 0) is 15.0 Å². The van der Waals surface area contributed by atoms with E-state index >= 15 is 0 Å². The molecule has 1 aliphatic rings. The van der Waals surface area contributed by atoms with Crippen LogP contribution in [0.15, 0.2) is 72.8 Å². The molecule has 0 radical (unpaired) electrons. The van der Waals surface area contributed by atoms with Gasteiger partial charge in [-0.1, -0.05) is 77.1 Å². The van der Waals surface area contributed by atoms with E-state index in [1.54, 1.807) is 29.2 Å². The van der Waals surface area contributed by atoms with Crippen molar-refractivity contribution in [2.24, 2.45) is 5.92 Å². The normalized spacial score (nSPS) is 15.9. The number of amides is 3. The zero-order chi connectivity index (χ0) is 29.9. The maximum absolute atomic E-state index is 14.2. The van der Waals surface area contributed by atoms with Crippen LogP contribution < -0.4 is 15.5 Å². The quantitative estimate of drug-likeness (QED) is 0.334. The molecular weight excluding hydrogens is 518 g/mol. The van der Waals surface area contributed by atoms with Gasteiger partial charge in [0.25, 0.3) is 11.8 Å². The molecule has 3 aromatic carbocycles. The first-order chi connectivity index (χ1) is 19.3. The average molecular weight is 556 g/mol. The Hall–Kier alpha value is -4.46. The van der Waals surface area contributed by atoms with Crippen molar-refractivity contribution in [3.8, 4) is 0 Å². The summed E-state index contributed by atoms with van der Waals surface area (Å²) in [5, 5.41) is 15.0. The Morgan fingerprint density at radius 2 is 1.61 bits per heavy atom. The maximum Gasteiger partial charge on any atom is 0.326 e. The lowest BCUT2D eigenvalue weighted by molar-refractivity contribution is -0.139. The molecule has 1 aliphatic heterocycles. The van der Waals surface area contributed by atoms with Gasteiger partial charge in [0.05, 0.1) is 23.8 Å². The van der Waals surface area contributed by atoms with Gasteiger partial charge < -0.3 is 15.7 Å². The van der Waals surface area contributed by atoms with Crippen molar-refractivity contribution in [2.45, 2.75) is 65.0 Å². The maximum atomic E-state index is 14.2. The zero-order valence-electron chi connectivity index (χ0n) is 24.1. The van der Waals surface area contributed by atoms with Gasteiger partial charge in [0.2, 0.25) is 5.91 Å². The van der Waals surface area contributed by atoms with Crippen molar-refractivity contribution in [3.63, 3.8) is 0 Å². The van der Waals surface area contributed by atoms with E-state index < -0.39 is 24.0 Å². The third kappa shape index (κ3) is 6.82. The van der Waals surface area contributed by atoms with Crippen LogP contribution in [0.4, 0.5) is 11.4 Å². The number of carboxylic acids is 1. The molecule has 2 unspecified atom stereocenters. The number of anilines is 2. The van der Waals surface area contributed by atoms with Gasteiger partial charge in [-0.25, -0.2) is 4.79 Å². The van der Waals surface area contributed by atoms with Crippen LogP contribution in [0.25, 0.3) is 0 Å². The lowest BCUT2D eigenvalue weighted by Gasteiger charge is -2.31. The number of aliphatic carboxylic acids is 1. The number of fused-ring (bicyclic) bond motifs is 1. The first kappa shape index (κ1) is 29.5. The number of carbonyl (C=O) groups excluding carboxylic acids is 3. The Morgan fingerprint density at radius 1 is 0.976 bits per heavy atom. The van der Waals surface area contributed by atoms with Crippen LogP contribution >= 0.6 is 0 Å². The fourth-order valence-corrected chi connectivity index (χ4v) is 5.00. The number of nitrogens with one attached hydrogen (secondary N) is 2. The fraction of sp³-hybridized carbons (Fsp3) is 0.333. The number of hydrogen-bond acceptors (Lipinski definition) is 4. The Kier molecular flexibility index (Phi) is 8.61. The number of rotatable bonds is 7. The van der Waals surface area contributed by atoms with Crippen molar-refractivity contribution in [3.05, 3.63) is 95.1 Å². The van der Waals surface area contributed by atoms with Gasteiger partial charge in [-0.15, -0.1) is 0 Å². The summed E-state index contributed by atoms with van der Waals surface area (Å²) in [4.78, 5) is 53.7. The second kappa shape index (κ2) is 12.0. The molecule has 0 saturated heterocycles. The van der Waals surface area contributed by atoms with Crippen LogP contribution in [0.2, 0.25) is 0 Å². The van der Waals surface area contributed by atoms with Crippen LogP contribution in [0.5, 0.6) is 0 Å². The minimum Gasteiger partial charge on any atom is -0.480 e. The van der Waals surface area contributed by atoms with Crippen LogP contribution in [0.3, 0.4) is 0 Å². The van der Waals surface area contributed by atoms with Gasteiger partial charge >= 0.3 is 5.97 Å². The largest absolute Gasteiger partial charge is 0.480 e. The molecule has 41 heavy (non-hydrogen) atoms. The Labute approximate surface area is 240 Å². The van der Waals surface area contributed by atoms with E-state index in [2.05, 4.69) is 31.4 Å². The molecule has 2 atom stereocenters. The van der Waals surface area contributed by atoms with Gasteiger partial charge in [0.15, 0.2) is 0 Å². The molecular formula is C33H37N3O5. The number of carboxylic acid groups (broad SMARTS) is 1. The van der Waals surface area contributed by atoms with Crippen LogP contribution in [-0.4, -0.2) is 34.8 Å². The summed E-state index contributed by atoms with van der Waals surface area (Å²) in [5.41, 5.74) is 3.22. The monoisotopic (exact) mass is 555 g/mol. The molecule has 3 N–H and O–H groups in total. The highest BCUT2D eigenvalue weighted by atomic mass is 16.4. The lowest BCUT2D eigenvalue weighted by atomic mass is 9.86. The van der Waals surface area contributed by atoms with Crippen LogP contribution in [0.1, 0.15) is 85.3 Å². The summed E-state index contributed by atoms with van der Waals surface area (Å²) in [6.45, 7) is 10.1. The highest BCUT2D eigenvalue weighted by Crippen LogP contribution is 2.40. The molecule has 8 heteroatoms. The molecule has 0 spiro atoms. The van der Waals surface area contributed by atoms with Gasteiger partial charge in [-0.2, -0.15) is 0 Å². The second-order valence-corrected chi connectivity index (χ2v) is 11.9. The standard InChI is InChI=1S/C33H37N3O5/c1-20(2)17-26(32(40)41)35-30(38)23-13-16-27-25(18-23)34-29(37)19-28(21-9-7-6-8-10-21)36(27)31(39)22-11-14-24(15-12-22)33(3,4)5/h6-16,18,20,26,28H,17,19H2,1-5H3,(H,34,37)(H,35,38)(H,40,41). The molecule has 4 rings (SSSR count). The van der Waals surface area contributed by atoms with E-state index in [-0.39, 0.29) is 41.6 Å². The molecule has 0 bridgehead atoms. The summed E-state index contributed by atoms with van der Waals surface area (Å²) < 4.78 is 0. The Bertz CT molecular complexity index is 1440. The SMILES string of the molecule is CC(C)CC(NC(=O)c1ccc2c(c1)NC(=O)CC(c1ccccc1)N2C(=O)c1ccc(C(C)(C)C)cc1)C(=O)O. The van der Waals surface area contributed by atoms with E-state index in [9.17, 15) is 24.3 Å². The van der Waals surface area contributed by atoms with E-state index in [4.69, 9.17) is 0 Å². The minimum absolute atomic E-state index is 0.0154. The summed E-state index contributed by atoms with van der Waals surface area (Å²) in [6.07, 6.45) is 0.291. The van der Waals surface area contributed by atoms with Crippen molar-refractivity contribution in [1.29, 1.82) is 0 Å². The van der Waals surface area contributed by atoms with Crippen LogP contribution in [0, 0.1) is 5.92 Å². The first-order valence-corrected chi connectivity index (χ1v) is 13.8. The van der Waals surface area contributed by atoms with Crippen molar-refractivity contribution in [2.75, 3.05) is 10.2 Å². The third-order valence-electron chi connectivity index (χ3n) is 7.19. The van der Waals surface area contributed by atoms with Gasteiger partial charge in [-0.05, 0) is 59.2 Å². The Balaban J connectivity index is 1.76. The minimum atomic E-state index is -1.12. The predicted molar refractivity (Wildman–Crippen MR) is 159 cm³/mol. The molecule has 1 heterocycles. The molecule has 0 saturated carbocycles. The molecule has 3 aromatic rings. The Morgan fingerprint density at radius 3 is 2.20 bits per heavy atom. The summed E-state index contributed by atoms with van der Waals surface area (Å²) in [5.74, 6) is -2.21. The van der Waals surface area contributed by atoms with Crippen molar-refractivity contribution in [1.82, 2.24) is 5.32 Å². The molecule has 3 amide bonds. The topological polar surface area (TPSA) is 116 Å². The van der Waals surface area contributed by atoms with E-state index in [1.807, 2.05) is 56.3 Å². The van der Waals surface area contributed by atoms with Gasteiger partial charge in [0.1, 0.15) is 6.04 Å². The smallest absolute Gasteiger partial charge is 0.326 e.